The molecule has 0 bridgehead atoms. The number of nitrogens with zero attached hydrogens (tertiary/aromatic N) is 4. The summed E-state index contributed by atoms with van der Waals surface area (Å²) in [7, 11) is 0. The minimum atomic E-state index is 0.620. The predicted molar refractivity (Wildman–Crippen MR) is 95.7 cm³/mol. The zero-order chi connectivity index (χ0) is 17.0. The minimum absolute atomic E-state index is 0.620. The molecule has 0 amide bonds. The molecule has 0 aliphatic rings. The Hall–Kier alpha value is -1.35. The van der Waals surface area contributed by atoms with Crippen LogP contribution in [-0.4, -0.2) is 43.7 Å². The second-order valence-electron chi connectivity index (χ2n) is 6.00. The van der Waals surface area contributed by atoms with E-state index in [1.54, 1.807) is 0 Å². The first kappa shape index (κ1) is 18.0. The average molecular weight is 376 g/mol. The normalized spacial score (nSPS) is 11.0. The molecular formula is C17H25AsN4O. The Balaban J connectivity index is 2.32. The van der Waals surface area contributed by atoms with E-state index in [4.69, 9.17) is 9.82 Å². The van der Waals surface area contributed by atoms with Gasteiger partial charge in [-0.2, -0.15) is 0 Å². The number of hydrogen-bond donors (Lipinski definition) is 0. The first-order valence-corrected chi connectivity index (χ1v) is 9.08. The molecule has 2 rings (SSSR count). The number of rotatable bonds is 7. The molecule has 124 valence electrons. The van der Waals surface area contributed by atoms with Crippen molar-refractivity contribution in [2.75, 3.05) is 6.61 Å². The number of aromatic nitrogens is 3. The number of oxime groups is 1. The quantitative estimate of drug-likeness (QED) is 0.323. The molecule has 5 nitrogen and oxygen atoms in total. The summed E-state index contributed by atoms with van der Waals surface area (Å²) in [6.07, 6.45) is 2.97. The first-order valence-electron chi connectivity index (χ1n) is 8.14. The van der Waals surface area contributed by atoms with Gasteiger partial charge in [0.05, 0.1) is 0 Å². The summed E-state index contributed by atoms with van der Waals surface area (Å²) in [6, 6.07) is 0. The predicted octanol–water partition coefficient (Wildman–Crippen LogP) is 2.60. The summed E-state index contributed by atoms with van der Waals surface area (Å²) in [5.41, 5.74) is 5.45. The van der Waals surface area contributed by atoms with Crippen LogP contribution < -0.4 is 4.48 Å². The van der Waals surface area contributed by atoms with Crippen LogP contribution >= 0.6 is 0 Å². The molecule has 0 aliphatic carbocycles. The fourth-order valence-corrected chi connectivity index (χ4v) is 3.26. The molecule has 2 heterocycles. The van der Waals surface area contributed by atoms with Crippen LogP contribution in [0.1, 0.15) is 50.7 Å². The van der Waals surface area contributed by atoms with E-state index in [0.29, 0.717) is 6.61 Å². The number of pyridine rings is 1. The van der Waals surface area contributed by atoms with Gasteiger partial charge in [0.1, 0.15) is 0 Å². The van der Waals surface area contributed by atoms with E-state index in [2.05, 4.69) is 52.3 Å². The third kappa shape index (κ3) is 4.14. The maximum absolute atomic E-state index is 5.32. The third-order valence-electron chi connectivity index (χ3n) is 3.77. The van der Waals surface area contributed by atoms with Crippen molar-refractivity contribution in [1.82, 2.24) is 14.5 Å². The molecular weight excluding hydrogens is 351 g/mol. The molecule has 0 fully saturated rings. The van der Waals surface area contributed by atoms with E-state index in [-0.39, 0.29) is 0 Å². The van der Waals surface area contributed by atoms with E-state index in [0.717, 1.165) is 53.0 Å². The zero-order valence-electron chi connectivity index (χ0n) is 14.7. The molecule has 6 heteroatoms. The van der Waals surface area contributed by atoms with Gasteiger partial charge in [-0.15, -0.1) is 0 Å². The molecule has 2 aromatic rings. The van der Waals surface area contributed by atoms with Crippen LogP contribution in [0, 0.1) is 13.8 Å². The van der Waals surface area contributed by atoms with E-state index in [9.17, 15) is 0 Å². The average Bonchev–Trinajstić information content (AvgIpc) is 2.84. The number of hydrogen-bond acceptors (Lipinski definition) is 4. The van der Waals surface area contributed by atoms with Crippen molar-refractivity contribution >= 4 is 38.1 Å². The van der Waals surface area contributed by atoms with Crippen LogP contribution in [0.5, 0.6) is 0 Å². The Labute approximate surface area is 147 Å². The van der Waals surface area contributed by atoms with Crippen molar-refractivity contribution in [2.24, 2.45) is 5.16 Å². The molecule has 0 saturated carbocycles. The fraction of sp³-hybridized carbons (Fsp3) is 0.588. The molecule has 2 aromatic heterocycles. The van der Waals surface area contributed by atoms with Gasteiger partial charge in [-0.1, -0.05) is 0 Å². The van der Waals surface area contributed by atoms with Crippen molar-refractivity contribution < 1.29 is 4.84 Å². The molecule has 23 heavy (non-hydrogen) atoms. The van der Waals surface area contributed by atoms with Gasteiger partial charge in [-0.05, 0) is 0 Å². The van der Waals surface area contributed by atoms with Gasteiger partial charge in [-0.3, -0.25) is 0 Å². The fourth-order valence-electron chi connectivity index (χ4n) is 2.62. The molecule has 0 unspecified atom stereocenters. The molecule has 0 aromatic carbocycles. The summed E-state index contributed by atoms with van der Waals surface area (Å²) >= 11 is 2.55. The standard InChI is InChI=1S/C17H25AsN4O/c1-6-8-14-20-15-16(12(4)13(5)19-17(15)18)22(14)9-7-10-23-21-11(2)3/h6-10H2,1-5H3. The monoisotopic (exact) mass is 376 g/mol. The topological polar surface area (TPSA) is 52.3 Å². The molecule has 2 radical (unpaired) electrons. The van der Waals surface area contributed by atoms with Crippen molar-refractivity contribution in [3.63, 3.8) is 0 Å². The Morgan fingerprint density at radius 1 is 1.26 bits per heavy atom. The summed E-state index contributed by atoms with van der Waals surface area (Å²) in [4.78, 5) is 14.8. The van der Waals surface area contributed by atoms with Crippen LogP contribution in [-0.2, 0) is 17.8 Å². The molecule has 0 N–H and O–H groups in total. The van der Waals surface area contributed by atoms with Crippen molar-refractivity contribution in [3.05, 3.63) is 17.1 Å². The molecule has 0 spiro atoms. The van der Waals surface area contributed by atoms with Crippen LogP contribution in [0.25, 0.3) is 11.0 Å². The molecule has 0 aliphatic heterocycles. The van der Waals surface area contributed by atoms with Gasteiger partial charge in [0, 0.05) is 0 Å². The van der Waals surface area contributed by atoms with E-state index in [1.807, 2.05) is 13.8 Å². The molecule has 0 atom stereocenters. The van der Waals surface area contributed by atoms with Crippen LogP contribution in [0.3, 0.4) is 0 Å². The van der Waals surface area contributed by atoms with Crippen molar-refractivity contribution in [2.45, 2.75) is 60.4 Å². The third-order valence-corrected chi connectivity index (χ3v) is 4.42. The van der Waals surface area contributed by atoms with Gasteiger partial charge in [0.2, 0.25) is 0 Å². The van der Waals surface area contributed by atoms with Crippen LogP contribution in [0.15, 0.2) is 5.16 Å². The number of fused-ring (bicyclic) bond motifs is 1. The van der Waals surface area contributed by atoms with Gasteiger partial charge in [-0.25, -0.2) is 0 Å². The van der Waals surface area contributed by atoms with Gasteiger partial charge >= 0.3 is 147 Å². The maximum atomic E-state index is 5.32. The summed E-state index contributed by atoms with van der Waals surface area (Å²) in [5, 5.41) is 3.99. The second-order valence-corrected chi connectivity index (χ2v) is 6.89. The Morgan fingerprint density at radius 2 is 2.00 bits per heavy atom. The van der Waals surface area contributed by atoms with Crippen LogP contribution in [0.2, 0.25) is 0 Å². The Bertz CT molecular complexity index is 717. The van der Waals surface area contributed by atoms with Crippen molar-refractivity contribution in [1.29, 1.82) is 0 Å². The first-order chi connectivity index (χ1) is 11.0. The summed E-state index contributed by atoms with van der Waals surface area (Å²) in [6.45, 7) is 11.8. The van der Waals surface area contributed by atoms with E-state index < -0.39 is 0 Å². The number of imidazole rings is 1. The van der Waals surface area contributed by atoms with E-state index in [1.165, 1.54) is 11.1 Å². The Morgan fingerprint density at radius 3 is 2.65 bits per heavy atom. The number of aryl methyl sites for hydroxylation is 4. The SMILES string of the molecule is CCCc1nc2c([As])nc(C)c(C)c2n1CCCON=C(C)C. The van der Waals surface area contributed by atoms with Gasteiger partial charge in [0.25, 0.3) is 0 Å². The summed E-state index contributed by atoms with van der Waals surface area (Å²) < 4.78 is 3.29. The Kier molecular flexibility index (Phi) is 6.23. The van der Waals surface area contributed by atoms with Gasteiger partial charge < -0.3 is 0 Å². The van der Waals surface area contributed by atoms with Gasteiger partial charge in [0.15, 0.2) is 0 Å². The second kappa shape index (κ2) is 7.96. The zero-order valence-corrected chi connectivity index (χ0v) is 16.6. The summed E-state index contributed by atoms with van der Waals surface area (Å²) in [5.74, 6) is 1.14. The molecule has 0 saturated heterocycles. The van der Waals surface area contributed by atoms with E-state index >= 15 is 0 Å². The van der Waals surface area contributed by atoms with Crippen LogP contribution in [0.4, 0.5) is 0 Å². The van der Waals surface area contributed by atoms with Crippen molar-refractivity contribution in [3.8, 4) is 0 Å².